The molecule has 1 heterocycles. The third kappa shape index (κ3) is 3.86. The van der Waals surface area contributed by atoms with Gasteiger partial charge in [0.1, 0.15) is 5.82 Å². The van der Waals surface area contributed by atoms with Crippen molar-refractivity contribution in [2.24, 2.45) is 11.7 Å². The zero-order valence-corrected chi connectivity index (χ0v) is 11.6. The molecule has 0 spiro atoms. The highest BCUT2D eigenvalue weighted by Gasteiger charge is 2.03. The summed E-state index contributed by atoms with van der Waals surface area (Å²) >= 11 is 0. The minimum atomic E-state index is 0.580. The quantitative estimate of drug-likeness (QED) is 0.893. The second-order valence-electron chi connectivity index (χ2n) is 5.19. The van der Waals surface area contributed by atoms with Gasteiger partial charge < -0.3 is 5.73 Å². The minimum absolute atomic E-state index is 0.580. The molecule has 2 N–H and O–H groups in total. The predicted molar refractivity (Wildman–Crippen MR) is 78.8 cm³/mol. The van der Waals surface area contributed by atoms with Crippen LogP contribution in [0.15, 0.2) is 36.5 Å². The van der Waals surface area contributed by atoms with Crippen LogP contribution in [0, 0.1) is 5.92 Å². The minimum Gasteiger partial charge on any atom is -0.330 e. The van der Waals surface area contributed by atoms with Crippen LogP contribution < -0.4 is 5.73 Å². The fraction of sp³-hybridized carbons (Fsp3) is 0.375. The van der Waals surface area contributed by atoms with Crippen molar-refractivity contribution < 1.29 is 0 Å². The fourth-order valence-electron chi connectivity index (χ4n) is 2.09. The number of rotatable bonds is 5. The summed E-state index contributed by atoms with van der Waals surface area (Å²) in [7, 11) is 0. The summed E-state index contributed by atoms with van der Waals surface area (Å²) in [5.41, 5.74) is 9.01. The molecule has 2 rings (SSSR count). The number of benzene rings is 1. The second-order valence-corrected chi connectivity index (χ2v) is 5.19. The molecule has 0 bridgehead atoms. The number of hydrogen-bond acceptors (Lipinski definition) is 3. The Morgan fingerprint density at radius 3 is 2.47 bits per heavy atom. The first-order valence-electron chi connectivity index (χ1n) is 6.80. The van der Waals surface area contributed by atoms with Crippen LogP contribution in [0.5, 0.6) is 0 Å². The Labute approximate surface area is 114 Å². The van der Waals surface area contributed by atoms with E-state index in [1.807, 2.05) is 6.07 Å². The highest BCUT2D eigenvalue weighted by atomic mass is 14.9. The van der Waals surface area contributed by atoms with E-state index in [0.29, 0.717) is 12.5 Å². The lowest BCUT2D eigenvalue weighted by Crippen LogP contribution is -2.06. The van der Waals surface area contributed by atoms with Crippen molar-refractivity contribution >= 4 is 0 Å². The van der Waals surface area contributed by atoms with Gasteiger partial charge in [-0.1, -0.05) is 38.1 Å². The van der Waals surface area contributed by atoms with Crippen LogP contribution in [0.25, 0.3) is 11.3 Å². The van der Waals surface area contributed by atoms with Gasteiger partial charge in [-0.3, -0.25) is 0 Å². The van der Waals surface area contributed by atoms with Crippen molar-refractivity contribution in [3.63, 3.8) is 0 Å². The molecule has 1 aromatic carbocycles. The standard InChI is InChI=1S/C16H21N3/c1-12(2)11-13-3-5-14(6-4-13)15-8-10-18-16(19-15)7-9-17/h3-6,8,10,12H,7,9,11,17H2,1-2H3. The van der Waals surface area contributed by atoms with Crippen molar-refractivity contribution in [3.8, 4) is 11.3 Å². The first kappa shape index (κ1) is 13.7. The summed E-state index contributed by atoms with van der Waals surface area (Å²) in [6.45, 7) is 5.05. The van der Waals surface area contributed by atoms with E-state index in [4.69, 9.17) is 5.73 Å². The third-order valence-corrected chi connectivity index (χ3v) is 2.97. The Hall–Kier alpha value is -1.74. The molecule has 0 saturated heterocycles. The number of nitrogens with zero attached hydrogens (tertiary/aromatic N) is 2. The van der Waals surface area contributed by atoms with Gasteiger partial charge >= 0.3 is 0 Å². The van der Waals surface area contributed by atoms with E-state index in [1.165, 1.54) is 5.56 Å². The van der Waals surface area contributed by atoms with Gasteiger partial charge in [0.15, 0.2) is 0 Å². The van der Waals surface area contributed by atoms with Crippen LogP contribution in [0.1, 0.15) is 25.2 Å². The number of aromatic nitrogens is 2. The van der Waals surface area contributed by atoms with Crippen LogP contribution >= 0.6 is 0 Å². The molecule has 0 fully saturated rings. The zero-order chi connectivity index (χ0) is 13.7. The van der Waals surface area contributed by atoms with Gasteiger partial charge in [-0.05, 0) is 30.5 Å². The van der Waals surface area contributed by atoms with Gasteiger partial charge in [-0.2, -0.15) is 0 Å². The highest BCUT2D eigenvalue weighted by molar-refractivity contribution is 5.59. The maximum Gasteiger partial charge on any atom is 0.130 e. The first-order valence-corrected chi connectivity index (χ1v) is 6.80. The molecular formula is C16H21N3. The lowest BCUT2D eigenvalue weighted by molar-refractivity contribution is 0.647. The van der Waals surface area contributed by atoms with Crippen LogP contribution in [-0.4, -0.2) is 16.5 Å². The predicted octanol–water partition coefficient (Wildman–Crippen LogP) is 2.84. The van der Waals surface area contributed by atoms with Crippen LogP contribution in [0.3, 0.4) is 0 Å². The fourth-order valence-corrected chi connectivity index (χ4v) is 2.09. The molecule has 3 nitrogen and oxygen atoms in total. The summed E-state index contributed by atoms with van der Waals surface area (Å²) < 4.78 is 0. The van der Waals surface area contributed by atoms with Crippen LogP contribution in [0.4, 0.5) is 0 Å². The van der Waals surface area contributed by atoms with Crippen molar-refractivity contribution in [1.82, 2.24) is 9.97 Å². The zero-order valence-electron chi connectivity index (χ0n) is 11.6. The second kappa shape index (κ2) is 6.43. The van der Waals surface area contributed by atoms with E-state index in [0.717, 1.165) is 29.9 Å². The molecule has 0 aliphatic rings. The van der Waals surface area contributed by atoms with Crippen molar-refractivity contribution in [1.29, 1.82) is 0 Å². The van der Waals surface area contributed by atoms with Crippen molar-refractivity contribution in [3.05, 3.63) is 47.9 Å². The molecule has 0 radical (unpaired) electrons. The Balaban J connectivity index is 2.19. The Bertz CT molecular complexity index is 518. The monoisotopic (exact) mass is 255 g/mol. The highest BCUT2D eigenvalue weighted by Crippen LogP contribution is 2.18. The SMILES string of the molecule is CC(C)Cc1ccc(-c2ccnc(CCN)n2)cc1. The average Bonchev–Trinajstić information content (AvgIpc) is 2.40. The molecule has 0 atom stereocenters. The lowest BCUT2D eigenvalue weighted by Gasteiger charge is -2.07. The molecule has 100 valence electrons. The van der Waals surface area contributed by atoms with E-state index in [9.17, 15) is 0 Å². The molecular weight excluding hydrogens is 234 g/mol. The molecule has 0 saturated carbocycles. The average molecular weight is 255 g/mol. The number of nitrogens with two attached hydrogens (primary N) is 1. The molecule has 2 aromatic rings. The maximum atomic E-state index is 5.54. The Kier molecular flexibility index (Phi) is 4.63. The summed E-state index contributed by atoms with van der Waals surface area (Å²) in [6.07, 6.45) is 3.64. The summed E-state index contributed by atoms with van der Waals surface area (Å²) in [6, 6.07) is 10.6. The maximum absolute atomic E-state index is 5.54. The van der Waals surface area contributed by atoms with Gasteiger partial charge in [-0.15, -0.1) is 0 Å². The summed E-state index contributed by atoms with van der Waals surface area (Å²) in [5.74, 6) is 1.49. The topological polar surface area (TPSA) is 51.8 Å². The first-order chi connectivity index (χ1) is 9.19. The van der Waals surface area contributed by atoms with E-state index >= 15 is 0 Å². The van der Waals surface area contributed by atoms with Gasteiger partial charge in [0, 0.05) is 18.2 Å². The van der Waals surface area contributed by atoms with E-state index in [-0.39, 0.29) is 0 Å². The van der Waals surface area contributed by atoms with Gasteiger partial charge in [0.05, 0.1) is 5.69 Å². The van der Waals surface area contributed by atoms with Gasteiger partial charge in [0.2, 0.25) is 0 Å². The van der Waals surface area contributed by atoms with Crippen molar-refractivity contribution in [2.45, 2.75) is 26.7 Å². The van der Waals surface area contributed by atoms with E-state index in [1.54, 1.807) is 6.20 Å². The molecule has 0 amide bonds. The van der Waals surface area contributed by atoms with Crippen LogP contribution in [-0.2, 0) is 12.8 Å². The molecule has 3 heteroatoms. The van der Waals surface area contributed by atoms with E-state index < -0.39 is 0 Å². The Morgan fingerprint density at radius 1 is 1.11 bits per heavy atom. The smallest absolute Gasteiger partial charge is 0.130 e. The summed E-state index contributed by atoms with van der Waals surface area (Å²) in [5, 5.41) is 0. The molecule has 19 heavy (non-hydrogen) atoms. The summed E-state index contributed by atoms with van der Waals surface area (Å²) in [4.78, 5) is 8.75. The molecule has 0 aliphatic heterocycles. The third-order valence-electron chi connectivity index (χ3n) is 2.97. The van der Waals surface area contributed by atoms with E-state index in [2.05, 4.69) is 48.1 Å². The Morgan fingerprint density at radius 2 is 1.84 bits per heavy atom. The molecule has 0 aliphatic carbocycles. The molecule has 0 unspecified atom stereocenters. The normalized spacial score (nSPS) is 10.9. The van der Waals surface area contributed by atoms with Crippen molar-refractivity contribution in [2.75, 3.05) is 6.54 Å². The molecule has 1 aromatic heterocycles. The van der Waals surface area contributed by atoms with Crippen LogP contribution in [0.2, 0.25) is 0 Å². The lowest BCUT2D eigenvalue weighted by atomic mass is 10.0. The largest absolute Gasteiger partial charge is 0.330 e. The number of hydrogen-bond donors (Lipinski definition) is 1. The van der Waals surface area contributed by atoms with Gasteiger partial charge in [0.25, 0.3) is 0 Å². The van der Waals surface area contributed by atoms with Gasteiger partial charge in [-0.25, -0.2) is 9.97 Å².